The quantitative estimate of drug-likeness (QED) is 0.564. The summed E-state index contributed by atoms with van der Waals surface area (Å²) in [7, 11) is 0. The number of amides is 1. The largest absolute Gasteiger partial charge is 0.478 e. The highest BCUT2D eigenvalue weighted by Gasteiger charge is 2.35. The van der Waals surface area contributed by atoms with Crippen molar-refractivity contribution in [1.29, 1.82) is 0 Å². The van der Waals surface area contributed by atoms with Gasteiger partial charge < -0.3 is 5.11 Å². The molecule has 0 atom stereocenters. The van der Waals surface area contributed by atoms with Gasteiger partial charge in [0.15, 0.2) is 4.32 Å². The van der Waals surface area contributed by atoms with Crippen LogP contribution < -0.4 is 4.90 Å². The van der Waals surface area contributed by atoms with Crippen molar-refractivity contribution < 1.29 is 14.7 Å². The lowest BCUT2D eigenvalue weighted by Crippen LogP contribution is -2.29. The Kier molecular flexibility index (Phi) is 5.15. The van der Waals surface area contributed by atoms with Crippen LogP contribution in [-0.4, -0.2) is 21.3 Å². The van der Waals surface area contributed by atoms with Crippen LogP contribution in [0.4, 0.5) is 5.69 Å². The van der Waals surface area contributed by atoms with Crippen molar-refractivity contribution in [2.45, 2.75) is 0 Å². The molecule has 25 heavy (non-hydrogen) atoms. The predicted octanol–water partition coefficient (Wildman–Crippen LogP) is 5.10. The Morgan fingerprint density at radius 1 is 1.12 bits per heavy atom. The minimum atomic E-state index is -1.14. The average molecular weight is 410 g/mol. The summed E-state index contributed by atoms with van der Waals surface area (Å²) in [5.41, 5.74) is 0.736. The lowest BCUT2D eigenvalue weighted by atomic mass is 10.1. The zero-order chi connectivity index (χ0) is 18.1. The molecule has 0 bridgehead atoms. The highest BCUT2D eigenvalue weighted by molar-refractivity contribution is 8.27. The number of para-hydroxylation sites is 1. The SMILES string of the molecule is O=C(O)c1ccccc1N1C(=O)/C(=C/c2c(Cl)cccc2Cl)SC1=S. The number of carboxylic acid groups (broad SMARTS) is 1. The van der Waals surface area contributed by atoms with Crippen LogP contribution in [0.2, 0.25) is 10.0 Å². The van der Waals surface area contributed by atoms with Crippen LogP contribution in [0.3, 0.4) is 0 Å². The molecule has 1 fully saturated rings. The maximum absolute atomic E-state index is 12.8. The lowest BCUT2D eigenvalue weighted by Gasteiger charge is -2.16. The van der Waals surface area contributed by atoms with Gasteiger partial charge in [-0.2, -0.15) is 0 Å². The number of thiocarbonyl (C=S) groups is 1. The summed E-state index contributed by atoms with van der Waals surface area (Å²) in [6.45, 7) is 0. The summed E-state index contributed by atoms with van der Waals surface area (Å²) in [5.74, 6) is -1.55. The summed E-state index contributed by atoms with van der Waals surface area (Å²) in [4.78, 5) is 25.7. The number of anilines is 1. The van der Waals surface area contributed by atoms with E-state index >= 15 is 0 Å². The molecule has 0 saturated carbocycles. The first-order valence-corrected chi connectivity index (χ1v) is 8.92. The molecule has 1 heterocycles. The zero-order valence-electron chi connectivity index (χ0n) is 12.4. The highest BCUT2D eigenvalue weighted by Crippen LogP contribution is 2.39. The lowest BCUT2D eigenvalue weighted by molar-refractivity contribution is -0.113. The number of thioether (sulfide) groups is 1. The normalized spacial score (nSPS) is 15.9. The molecule has 1 amide bonds. The van der Waals surface area contributed by atoms with E-state index in [0.29, 0.717) is 20.5 Å². The van der Waals surface area contributed by atoms with Crippen molar-refractivity contribution in [1.82, 2.24) is 0 Å². The second-order valence-electron chi connectivity index (χ2n) is 4.97. The number of aromatic carboxylic acids is 1. The molecular weight excluding hydrogens is 401 g/mol. The fraction of sp³-hybridized carbons (Fsp3) is 0. The second kappa shape index (κ2) is 7.17. The van der Waals surface area contributed by atoms with Crippen molar-refractivity contribution in [3.63, 3.8) is 0 Å². The zero-order valence-corrected chi connectivity index (χ0v) is 15.5. The number of rotatable bonds is 3. The number of carbonyl (C=O) groups excluding carboxylic acids is 1. The smallest absolute Gasteiger partial charge is 0.337 e. The van der Waals surface area contributed by atoms with Crippen LogP contribution in [0.15, 0.2) is 47.4 Å². The predicted molar refractivity (Wildman–Crippen MR) is 106 cm³/mol. The van der Waals surface area contributed by atoms with Gasteiger partial charge in [0, 0.05) is 15.6 Å². The minimum Gasteiger partial charge on any atom is -0.478 e. The number of hydrogen-bond donors (Lipinski definition) is 1. The number of nitrogens with zero attached hydrogens (tertiary/aromatic N) is 1. The molecule has 1 aliphatic heterocycles. The van der Waals surface area contributed by atoms with Gasteiger partial charge >= 0.3 is 5.97 Å². The molecule has 1 N–H and O–H groups in total. The Morgan fingerprint density at radius 2 is 1.76 bits per heavy atom. The fourth-order valence-electron chi connectivity index (χ4n) is 2.30. The molecule has 0 unspecified atom stereocenters. The van der Waals surface area contributed by atoms with Crippen molar-refractivity contribution >= 4 is 75.1 Å². The molecule has 2 aromatic rings. The van der Waals surface area contributed by atoms with Crippen LogP contribution in [0.25, 0.3) is 6.08 Å². The molecule has 0 radical (unpaired) electrons. The molecule has 0 spiro atoms. The Bertz CT molecular complexity index is 923. The van der Waals surface area contributed by atoms with Gasteiger partial charge in [0.1, 0.15) is 0 Å². The maximum Gasteiger partial charge on any atom is 0.337 e. The molecule has 0 aliphatic carbocycles. The molecule has 2 aromatic carbocycles. The number of hydrogen-bond acceptors (Lipinski definition) is 4. The van der Waals surface area contributed by atoms with Gasteiger partial charge in [0.05, 0.1) is 16.2 Å². The van der Waals surface area contributed by atoms with Crippen molar-refractivity contribution in [3.05, 3.63) is 68.5 Å². The van der Waals surface area contributed by atoms with Gasteiger partial charge in [0.25, 0.3) is 5.91 Å². The van der Waals surface area contributed by atoms with Gasteiger partial charge in [-0.15, -0.1) is 0 Å². The monoisotopic (exact) mass is 409 g/mol. The summed E-state index contributed by atoms with van der Waals surface area (Å²) in [6.07, 6.45) is 1.56. The van der Waals surface area contributed by atoms with Crippen LogP contribution in [0, 0.1) is 0 Å². The van der Waals surface area contributed by atoms with Crippen LogP contribution in [-0.2, 0) is 4.79 Å². The van der Waals surface area contributed by atoms with E-state index in [1.165, 1.54) is 11.0 Å². The Labute approximate surface area is 163 Å². The van der Waals surface area contributed by atoms with E-state index in [0.717, 1.165) is 11.8 Å². The number of carbonyl (C=O) groups is 2. The molecule has 4 nitrogen and oxygen atoms in total. The average Bonchev–Trinajstić information content (AvgIpc) is 2.85. The van der Waals surface area contributed by atoms with E-state index in [9.17, 15) is 14.7 Å². The topological polar surface area (TPSA) is 57.6 Å². The van der Waals surface area contributed by atoms with Crippen LogP contribution in [0.5, 0.6) is 0 Å². The maximum atomic E-state index is 12.8. The highest BCUT2D eigenvalue weighted by atomic mass is 35.5. The van der Waals surface area contributed by atoms with E-state index in [-0.39, 0.29) is 15.6 Å². The molecule has 1 saturated heterocycles. The molecule has 126 valence electrons. The second-order valence-corrected chi connectivity index (χ2v) is 7.46. The minimum absolute atomic E-state index is 0.00386. The summed E-state index contributed by atoms with van der Waals surface area (Å²) in [6, 6.07) is 11.2. The van der Waals surface area contributed by atoms with Gasteiger partial charge in [-0.25, -0.2) is 4.79 Å². The molecular formula is C17H9Cl2NO3S2. The van der Waals surface area contributed by atoms with Crippen LogP contribution in [0.1, 0.15) is 15.9 Å². The number of carboxylic acids is 1. The van der Waals surface area contributed by atoms with E-state index < -0.39 is 11.9 Å². The van der Waals surface area contributed by atoms with E-state index in [4.69, 9.17) is 35.4 Å². The summed E-state index contributed by atoms with van der Waals surface area (Å²) < 4.78 is 0.244. The van der Waals surface area contributed by atoms with E-state index in [1.54, 1.807) is 42.5 Å². The molecule has 8 heteroatoms. The fourth-order valence-corrected chi connectivity index (χ4v) is 4.08. The first kappa shape index (κ1) is 17.9. The third-order valence-corrected chi connectivity index (χ3v) is 5.41. The van der Waals surface area contributed by atoms with Gasteiger partial charge in [-0.05, 0) is 30.3 Å². The summed E-state index contributed by atoms with van der Waals surface area (Å²) >= 11 is 18.6. The van der Waals surface area contributed by atoms with Gasteiger partial charge in [-0.1, -0.05) is 65.4 Å². The Balaban J connectivity index is 2.05. The third kappa shape index (κ3) is 3.43. The molecule has 1 aliphatic rings. The number of benzene rings is 2. The van der Waals surface area contributed by atoms with Crippen LogP contribution >= 0.6 is 47.2 Å². The Hall–Kier alpha value is -1.86. The van der Waals surface area contributed by atoms with Crippen molar-refractivity contribution in [2.75, 3.05) is 4.90 Å². The first-order chi connectivity index (χ1) is 11.9. The third-order valence-electron chi connectivity index (χ3n) is 3.44. The molecule has 0 aromatic heterocycles. The van der Waals surface area contributed by atoms with Gasteiger partial charge in [0.2, 0.25) is 0 Å². The van der Waals surface area contributed by atoms with E-state index in [1.807, 2.05) is 0 Å². The Morgan fingerprint density at radius 3 is 2.40 bits per heavy atom. The summed E-state index contributed by atoms with van der Waals surface area (Å²) in [5, 5.41) is 10.1. The standard InChI is InChI=1S/C17H9Cl2NO3S2/c18-11-5-3-6-12(19)10(11)8-14-15(21)20(17(24)25-14)13-7-2-1-4-9(13)16(22)23/h1-8H,(H,22,23)/b14-8-. The number of halogens is 2. The van der Waals surface area contributed by atoms with E-state index in [2.05, 4.69) is 0 Å². The molecule has 3 rings (SSSR count). The first-order valence-electron chi connectivity index (χ1n) is 6.94. The van der Waals surface area contributed by atoms with Crippen molar-refractivity contribution in [2.24, 2.45) is 0 Å². The van der Waals surface area contributed by atoms with Crippen molar-refractivity contribution in [3.8, 4) is 0 Å². The van der Waals surface area contributed by atoms with Gasteiger partial charge in [-0.3, -0.25) is 9.69 Å².